The Morgan fingerprint density at radius 1 is 1.20 bits per heavy atom. The van der Waals surface area contributed by atoms with Crippen molar-refractivity contribution in [3.8, 4) is 0 Å². The van der Waals surface area contributed by atoms with Crippen LogP contribution in [0.2, 0.25) is 0 Å². The van der Waals surface area contributed by atoms with E-state index in [4.69, 9.17) is 0 Å². The molecule has 0 heterocycles. The SMILES string of the molecule is CC(=O)Nc1ccc(S(=O)(=O)NC2CCC(C)C2)cc1. The Kier molecular flexibility index (Phi) is 4.45. The van der Waals surface area contributed by atoms with Crippen molar-refractivity contribution in [2.45, 2.75) is 44.0 Å². The van der Waals surface area contributed by atoms with E-state index in [-0.39, 0.29) is 16.8 Å². The molecule has 1 aliphatic carbocycles. The van der Waals surface area contributed by atoms with Crippen LogP contribution in [0.3, 0.4) is 0 Å². The number of anilines is 1. The van der Waals surface area contributed by atoms with Crippen LogP contribution in [0, 0.1) is 5.92 Å². The molecule has 1 fully saturated rings. The van der Waals surface area contributed by atoms with Crippen LogP contribution >= 0.6 is 0 Å². The van der Waals surface area contributed by atoms with Gasteiger partial charge in [0, 0.05) is 18.7 Å². The highest BCUT2D eigenvalue weighted by Gasteiger charge is 2.26. The maximum absolute atomic E-state index is 12.2. The lowest BCUT2D eigenvalue weighted by atomic mass is 10.1. The van der Waals surface area contributed by atoms with Gasteiger partial charge in [-0.2, -0.15) is 0 Å². The van der Waals surface area contributed by atoms with E-state index >= 15 is 0 Å². The molecule has 1 aliphatic rings. The molecule has 0 bridgehead atoms. The zero-order valence-electron chi connectivity index (χ0n) is 11.7. The molecule has 0 aromatic heterocycles. The summed E-state index contributed by atoms with van der Waals surface area (Å²) in [6.07, 6.45) is 2.85. The number of hydrogen-bond donors (Lipinski definition) is 2. The molecular formula is C14H20N2O3S. The average molecular weight is 296 g/mol. The van der Waals surface area contributed by atoms with Gasteiger partial charge in [0.1, 0.15) is 0 Å². The largest absolute Gasteiger partial charge is 0.326 e. The van der Waals surface area contributed by atoms with Gasteiger partial charge in [-0.05, 0) is 49.4 Å². The highest BCUT2D eigenvalue weighted by Crippen LogP contribution is 2.26. The van der Waals surface area contributed by atoms with Gasteiger partial charge in [0.25, 0.3) is 0 Å². The molecule has 2 unspecified atom stereocenters. The second kappa shape index (κ2) is 5.93. The summed E-state index contributed by atoms with van der Waals surface area (Å²) in [6.45, 7) is 3.55. The Bertz CT molecular complexity index is 581. The molecule has 1 amide bonds. The third-order valence-electron chi connectivity index (χ3n) is 3.50. The predicted molar refractivity (Wildman–Crippen MR) is 77.9 cm³/mol. The number of nitrogens with one attached hydrogen (secondary N) is 2. The summed E-state index contributed by atoms with van der Waals surface area (Å²) in [4.78, 5) is 11.1. The van der Waals surface area contributed by atoms with Gasteiger partial charge in [-0.1, -0.05) is 6.92 Å². The highest BCUT2D eigenvalue weighted by atomic mass is 32.2. The van der Waals surface area contributed by atoms with Gasteiger partial charge in [0.2, 0.25) is 15.9 Å². The first kappa shape index (κ1) is 15.0. The summed E-state index contributed by atoms with van der Waals surface area (Å²) < 4.78 is 27.2. The molecule has 6 heteroatoms. The molecule has 110 valence electrons. The number of sulfonamides is 1. The zero-order valence-corrected chi connectivity index (χ0v) is 12.5. The minimum absolute atomic E-state index is 0.0324. The summed E-state index contributed by atoms with van der Waals surface area (Å²) in [6, 6.07) is 6.23. The van der Waals surface area contributed by atoms with Crippen molar-refractivity contribution in [3.05, 3.63) is 24.3 Å². The highest BCUT2D eigenvalue weighted by molar-refractivity contribution is 7.89. The van der Waals surface area contributed by atoms with Crippen LogP contribution in [0.1, 0.15) is 33.1 Å². The lowest BCUT2D eigenvalue weighted by Crippen LogP contribution is -2.32. The van der Waals surface area contributed by atoms with E-state index in [0.29, 0.717) is 11.6 Å². The number of hydrogen-bond acceptors (Lipinski definition) is 3. The lowest BCUT2D eigenvalue weighted by Gasteiger charge is -2.13. The molecule has 2 N–H and O–H groups in total. The number of amides is 1. The van der Waals surface area contributed by atoms with E-state index in [1.807, 2.05) is 0 Å². The average Bonchev–Trinajstić information content (AvgIpc) is 2.74. The molecule has 1 aromatic rings. The Morgan fingerprint density at radius 3 is 2.35 bits per heavy atom. The van der Waals surface area contributed by atoms with Crippen LogP contribution in [-0.2, 0) is 14.8 Å². The van der Waals surface area contributed by atoms with E-state index in [1.165, 1.54) is 19.1 Å². The van der Waals surface area contributed by atoms with Crippen molar-refractivity contribution in [3.63, 3.8) is 0 Å². The molecule has 5 nitrogen and oxygen atoms in total. The zero-order chi connectivity index (χ0) is 14.8. The first-order valence-corrected chi connectivity index (χ1v) is 8.25. The smallest absolute Gasteiger partial charge is 0.240 e. The van der Waals surface area contributed by atoms with E-state index < -0.39 is 10.0 Å². The maximum atomic E-state index is 12.2. The van der Waals surface area contributed by atoms with Crippen LogP contribution < -0.4 is 10.0 Å². The minimum atomic E-state index is -3.48. The Balaban J connectivity index is 2.07. The van der Waals surface area contributed by atoms with Crippen molar-refractivity contribution < 1.29 is 13.2 Å². The Labute approximate surface area is 119 Å². The van der Waals surface area contributed by atoms with Crippen molar-refractivity contribution in [1.29, 1.82) is 0 Å². The molecule has 0 aliphatic heterocycles. The third-order valence-corrected chi connectivity index (χ3v) is 5.04. The standard InChI is InChI=1S/C14H20N2O3S/c1-10-3-4-13(9-10)16-20(18,19)14-7-5-12(6-8-14)15-11(2)17/h5-8,10,13,16H,3-4,9H2,1-2H3,(H,15,17). The van der Waals surface area contributed by atoms with E-state index in [1.54, 1.807) is 12.1 Å². The van der Waals surface area contributed by atoms with Crippen molar-refractivity contribution in [2.75, 3.05) is 5.32 Å². The summed E-state index contributed by atoms with van der Waals surface area (Å²) in [5.74, 6) is 0.392. The van der Waals surface area contributed by atoms with E-state index in [2.05, 4.69) is 17.0 Å². The molecule has 0 radical (unpaired) electrons. The van der Waals surface area contributed by atoms with Crippen LogP contribution in [0.5, 0.6) is 0 Å². The second-order valence-corrected chi connectivity index (χ2v) is 7.16. The first-order valence-electron chi connectivity index (χ1n) is 6.77. The molecule has 0 saturated heterocycles. The second-order valence-electron chi connectivity index (χ2n) is 5.44. The fourth-order valence-corrected chi connectivity index (χ4v) is 3.81. The van der Waals surface area contributed by atoms with Gasteiger partial charge in [-0.15, -0.1) is 0 Å². The number of rotatable bonds is 4. The summed E-state index contributed by atoms with van der Waals surface area (Å²) in [5, 5.41) is 2.61. The van der Waals surface area contributed by atoms with Gasteiger partial charge < -0.3 is 5.32 Å². The Hall–Kier alpha value is -1.40. The first-order chi connectivity index (χ1) is 9.37. The summed E-state index contributed by atoms with van der Waals surface area (Å²) in [7, 11) is -3.48. The van der Waals surface area contributed by atoms with E-state index in [0.717, 1.165) is 19.3 Å². The van der Waals surface area contributed by atoms with Crippen LogP contribution in [0.15, 0.2) is 29.2 Å². The van der Waals surface area contributed by atoms with Gasteiger partial charge in [0.05, 0.1) is 4.90 Å². The van der Waals surface area contributed by atoms with Crippen molar-refractivity contribution >= 4 is 21.6 Å². The summed E-state index contributed by atoms with van der Waals surface area (Å²) in [5.41, 5.74) is 0.589. The van der Waals surface area contributed by atoms with Gasteiger partial charge in [-0.3, -0.25) is 4.79 Å². The number of carbonyl (C=O) groups excluding carboxylic acids is 1. The molecule has 0 spiro atoms. The molecule has 1 saturated carbocycles. The molecule has 2 rings (SSSR count). The predicted octanol–water partition coefficient (Wildman–Crippen LogP) is 2.11. The Morgan fingerprint density at radius 2 is 1.85 bits per heavy atom. The number of carbonyl (C=O) groups is 1. The van der Waals surface area contributed by atoms with E-state index in [9.17, 15) is 13.2 Å². The van der Waals surface area contributed by atoms with Gasteiger partial charge in [-0.25, -0.2) is 13.1 Å². The van der Waals surface area contributed by atoms with Crippen LogP contribution in [0.25, 0.3) is 0 Å². The van der Waals surface area contributed by atoms with Crippen LogP contribution in [0.4, 0.5) is 5.69 Å². The lowest BCUT2D eigenvalue weighted by molar-refractivity contribution is -0.114. The molecule has 1 aromatic carbocycles. The third kappa shape index (κ3) is 3.80. The molecule has 2 atom stereocenters. The minimum Gasteiger partial charge on any atom is -0.326 e. The normalized spacial score (nSPS) is 22.7. The fraction of sp³-hybridized carbons (Fsp3) is 0.500. The maximum Gasteiger partial charge on any atom is 0.240 e. The fourth-order valence-electron chi connectivity index (χ4n) is 2.52. The van der Waals surface area contributed by atoms with Crippen molar-refractivity contribution in [2.24, 2.45) is 5.92 Å². The molecular weight excluding hydrogens is 276 g/mol. The van der Waals surface area contributed by atoms with Gasteiger partial charge >= 0.3 is 0 Å². The number of benzene rings is 1. The molecule has 20 heavy (non-hydrogen) atoms. The summed E-state index contributed by atoms with van der Waals surface area (Å²) >= 11 is 0. The van der Waals surface area contributed by atoms with Crippen LogP contribution in [-0.4, -0.2) is 20.4 Å². The monoisotopic (exact) mass is 296 g/mol. The van der Waals surface area contributed by atoms with Crippen molar-refractivity contribution in [1.82, 2.24) is 4.72 Å². The van der Waals surface area contributed by atoms with Gasteiger partial charge in [0.15, 0.2) is 0 Å². The topological polar surface area (TPSA) is 75.3 Å². The quantitative estimate of drug-likeness (QED) is 0.893.